The highest BCUT2D eigenvalue weighted by Gasteiger charge is 2.20. The van der Waals surface area contributed by atoms with Crippen LogP contribution in [0.3, 0.4) is 0 Å². The summed E-state index contributed by atoms with van der Waals surface area (Å²) in [6, 6.07) is 3.11. The van der Waals surface area contributed by atoms with Gasteiger partial charge < -0.3 is 10.4 Å². The van der Waals surface area contributed by atoms with Gasteiger partial charge in [0, 0.05) is 27.1 Å². The summed E-state index contributed by atoms with van der Waals surface area (Å²) in [5.41, 5.74) is 1.58. The fourth-order valence-corrected chi connectivity index (χ4v) is 4.65. The Hall–Kier alpha value is -0.0300. The van der Waals surface area contributed by atoms with Crippen LogP contribution in [0.25, 0.3) is 0 Å². The zero-order valence-electron chi connectivity index (χ0n) is 12.1. The number of aliphatic hydroxyl groups excluding tert-OH is 1. The van der Waals surface area contributed by atoms with E-state index in [2.05, 4.69) is 31.5 Å². The smallest absolute Gasteiger partial charge is 0.0564 e. The lowest BCUT2D eigenvalue weighted by atomic mass is 9.99. The summed E-state index contributed by atoms with van der Waals surface area (Å²) >= 11 is 3.71. The second-order valence-corrected chi connectivity index (χ2v) is 7.68. The number of nitrogens with one attached hydrogen (secondary N) is 1. The fourth-order valence-electron chi connectivity index (χ4n) is 2.75. The van der Waals surface area contributed by atoms with E-state index in [1.807, 2.05) is 11.3 Å². The SMILES string of the molecule is CSC(CO)C(C)NC(C)c1cc2c(s1)CCCC2. The third-order valence-corrected chi connectivity index (χ3v) is 6.58. The minimum atomic E-state index is 0.239. The first-order valence-electron chi connectivity index (χ1n) is 7.17. The molecule has 0 bridgehead atoms. The minimum Gasteiger partial charge on any atom is -0.395 e. The van der Waals surface area contributed by atoms with Crippen molar-refractivity contribution in [3.05, 3.63) is 21.4 Å². The molecule has 0 fully saturated rings. The lowest BCUT2D eigenvalue weighted by molar-refractivity contribution is 0.272. The van der Waals surface area contributed by atoms with Crippen molar-refractivity contribution >= 4 is 23.1 Å². The maximum atomic E-state index is 9.35. The molecule has 1 aliphatic rings. The van der Waals surface area contributed by atoms with E-state index in [-0.39, 0.29) is 11.9 Å². The molecule has 108 valence electrons. The monoisotopic (exact) mass is 299 g/mol. The van der Waals surface area contributed by atoms with Crippen molar-refractivity contribution in [2.45, 2.75) is 56.9 Å². The predicted octanol–water partition coefficient (Wildman–Crippen LogP) is 3.39. The second kappa shape index (κ2) is 7.11. The lowest BCUT2D eigenvalue weighted by Gasteiger charge is -2.24. The van der Waals surface area contributed by atoms with Crippen molar-refractivity contribution in [3.63, 3.8) is 0 Å². The molecule has 3 atom stereocenters. The first-order valence-corrected chi connectivity index (χ1v) is 9.27. The zero-order valence-corrected chi connectivity index (χ0v) is 13.7. The van der Waals surface area contributed by atoms with E-state index in [0.29, 0.717) is 12.1 Å². The Morgan fingerprint density at radius 1 is 1.37 bits per heavy atom. The van der Waals surface area contributed by atoms with Gasteiger partial charge in [0.1, 0.15) is 0 Å². The number of thiophene rings is 1. The van der Waals surface area contributed by atoms with E-state index >= 15 is 0 Å². The molecule has 0 aromatic carbocycles. The molecule has 1 heterocycles. The van der Waals surface area contributed by atoms with E-state index in [9.17, 15) is 5.11 Å². The van der Waals surface area contributed by atoms with Gasteiger partial charge in [-0.15, -0.1) is 11.3 Å². The summed E-state index contributed by atoms with van der Waals surface area (Å²) in [5, 5.41) is 13.3. The van der Waals surface area contributed by atoms with Gasteiger partial charge in [-0.25, -0.2) is 0 Å². The number of aliphatic hydroxyl groups is 1. The van der Waals surface area contributed by atoms with Crippen molar-refractivity contribution in [2.24, 2.45) is 0 Å². The predicted molar refractivity (Wildman–Crippen MR) is 86.4 cm³/mol. The highest BCUT2D eigenvalue weighted by Crippen LogP contribution is 2.33. The van der Waals surface area contributed by atoms with Crippen LogP contribution in [0.2, 0.25) is 0 Å². The number of hydrogen-bond acceptors (Lipinski definition) is 4. The van der Waals surface area contributed by atoms with Crippen molar-refractivity contribution in [1.82, 2.24) is 5.32 Å². The molecule has 0 radical (unpaired) electrons. The molecule has 19 heavy (non-hydrogen) atoms. The van der Waals surface area contributed by atoms with Gasteiger partial charge in [0.15, 0.2) is 0 Å². The molecule has 0 aliphatic heterocycles. The van der Waals surface area contributed by atoms with Crippen LogP contribution in [0, 0.1) is 0 Å². The Morgan fingerprint density at radius 3 is 2.74 bits per heavy atom. The van der Waals surface area contributed by atoms with Crippen LogP contribution in [0.4, 0.5) is 0 Å². The number of thioether (sulfide) groups is 1. The largest absolute Gasteiger partial charge is 0.395 e. The third-order valence-electron chi connectivity index (χ3n) is 4.00. The van der Waals surface area contributed by atoms with E-state index in [4.69, 9.17) is 0 Å². The van der Waals surface area contributed by atoms with Crippen molar-refractivity contribution in [3.8, 4) is 0 Å². The van der Waals surface area contributed by atoms with Gasteiger partial charge >= 0.3 is 0 Å². The maximum absolute atomic E-state index is 9.35. The molecule has 3 unspecified atom stereocenters. The van der Waals surface area contributed by atoms with Crippen LogP contribution in [0.5, 0.6) is 0 Å². The standard InChI is InChI=1S/C15H25NOS2/c1-10(16-11(2)15(9-17)18-3)14-8-12-6-4-5-7-13(12)19-14/h8,10-11,15-17H,4-7,9H2,1-3H3. The first-order chi connectivity index (χ1) is 9.15. The van der Waals surface area contributed by atoms with E-state index in [0.717, 1.165) is 0 Å². The van der Waals surface area contributed by atoms with Crippen molar-refractivity contribution in [1.29, 1.82) is 0 Å². The molecular formula is C15H25NOS2. The van der Waals surface area contributed by atoms with Crippen LogP contribution in [0.1, 0.15) is 48.0 Å². The van der Waals surface area contributed by atoms with Gasteiger partial charge in [0.2, 0.25) is 0 Å². The molecule has 0 amide bonds. The fraction of sp³-hybridized carbons (Fsp3) is 0.733. The highest BCUT2D eigenvalue weighted by molar-refractivity contribution is 7.99. The average Bonchev–Trinajstić information content (AvgIpc) is 2.84. The molecule has 1 aromatic heterocycles. The molecule has 0 saturated heterocycles. The number of rotatable bonds is 6. The summed E-state index contributed by atoms with van der Waals surface area (Å²) < 4.78 is 0. The van der Waals surface area contributed by atoms with Gasteiger partial charge in [-0.3, -0.25) is 0 Å². The highest BCUT2D eigenvalue weighted by atomic mass is 32.2. The summed E-state index contributed by atoms with van der Waals surface area (Å²) in [6.45, 7) is 4.65. The van der Waals surface area contributed by atoms with Crippen molar-refractivity contribution in [2.75, 3.05) is 12.9 Å². The number of aryl methyl sites for hydroxylation is 2. The average molecular weight is 300 g/mol. The zero-order chi connectivity index (χ0) is 13.8. The lowest BCUT2D eigenvalue weighted by Crippen LogP contribution is -2.38. The Morgan fingerprint density at radius 2 is 2.11 bits per heavy atom. The van der Waals surface area contributed by atoms with Crippen LogP contribution in [-0.4, -0.2) is 29.3 Å². The molecule has 0 spiro atoms. The third kappa shape index (κ3) is 3.75. The molecule has 4 heteroatoms. The summed E-state index contributed by atoms with van der Waals surface area (Å²) in [6.07, 6.45) is 7.29. The Kier molecular flexibility index (Phi) is 5.75. The molecule has 2 N–H and O–H groups in total. The van der Waals surface area contributed by atoms with E-state index in [1.54, 1.807) is 22.2 Å². The quantitative estimate of drug-likeness (QED) is 0.844. The summed E-state index contributed by atoms with van der Waals surface area (Å²) in [5.74, 6) is 0. The van der Waals surface area contributed by atoms with Crippen molar-refractivity contribution < 1.29 is 5.11 Å². The van der Waals surface area contributed by atoms with Crippen LogP contribution in [-0.2, 0) is 12.8 Å². The maximum Gasteiger partial charge on any atom is 0.0564 e. The summed E-state index contributed by atoms with van der Waals surface area (Å²) in [4.78, 5) is 3.06. The number of hydrogen-bond donors (Lipinski definition) is 2. The second-order valence-electron chi connectivity index (χ2n) is 5.44. The summed E-state index contributed by atoms with van der Waals surface area (Å²) in [7, 11) is 0. The molecule has 2 rings (SSSR count). The van der Waals surface area contributed by atoms with E-state index in [1.165, 1.54) is 30.6 Å². The molecule has 0 saturated carbocycles. The topological polar surface area (TPSA) is 32.3 Å². The molecule has 2 nitrogen and oxygen atoms in total. The molecular weight excluding hydrogens is 274 g/mol. The Balaban J connectivity index is 1.99. The van der Waals surface area contributed by atoms with Gasteiger partial charge in [-0.2, -0.15) is 11.8 Å². The Labute approximate surface area is 125 Å². The van der Waals surface area contributed by atoms with Gasteiger partial charge in [0.25, 0.3) is 0 Å². The van der Waals surface area contributed by atoms with Gasteiger partial charge in [0.05, 0.1) is 6.61 Å². The Bertz CT molecular complexity index is 377. The van der Waals surface area contributed by atoms with Crippen LogP contribution < -0.4 is 5.32 Å². The first kappa shape index (κ1) is 15.4. The normalized spacial score (nSPS) is 19.8. The molecule has 1 aromatic rings. The molecule has 1 aliphatic carbocycles. The van der Waals surface area contributed by atoms with E-state index < -0.39 is 0 Å². The van der Waals surface area contributed by atoms with Crippen LogP contribution >= 0.6 is 23.1 Å². The minimum absolute atomic E-state index is 0.239. The van der Waals surface area contributed by atoms with Gasteiger partial charge in [-0.05, 0) is 57.4 Å². The van der Waals surface area contributed by atoms with Crippen LogP contribution in [0.15, 0.2) is 6.07 Å². The van der Waals surface area contributed by atoms with Gasteiger partial charge in [-0.1, -0.05) is 0 Å². The number of fused-ring (bicyclic) bond motifs is 1.